The van der Waals surface area contributed by atoms with Crippen molar-refractivity contribution < 1.29 is 0 Å². The first kappa shape index (κ1) is 12.6. The fraction of sp³-hybridized carbons (Fsp3) is 0.600. The Kier molecular flexibility index (Phi) is 3.55. The van der Waals surface area contributed by atoms with Gasteiger partial charge in [0.05, 0.1) is 0 Å². The molecule has 0 aliphatic carbocycles. The van der Waals surface area contributed by atoms with Crippen LogP contribution in [-0.4, -0.2) is 19.6 Å². The zero-order valence-corrected chi connectivity index (χ0v) is 11.7. The number of hydrogen-bond acceptors (Lipinski definition) is 2. The number of nitrogens with one attached hydrogen (secondary N) is 2. The third-order valence-electron chi connectivity index (χ3n) is 4.45. The summed E-state index contributed by atoms with van der Waals surface area (Å²) in [5, 5.41) is 7.11. The molecule has 1 fully saturated rings. The van der Waals surface area contributed by atoms with Gasteiger partial charge in [0.25, 0.3) is 0 Å². The predicted molar refractivity (Wildman–Crippen MR) is 73.7 cm³/mol. The number of hydrogen-bond donors (Lipinski definition) is 2. The number of rotatable bonds is 1. The first-order valence-corrected chi connectivity index (χ1v) is 6.55. The topological polar surface area (TPSA) is 24.1 Å². The van der Waals surface area contributed by atoms with Gasteiger partial charge in [0.2, 0.25) is 0 Å². The van der Waals surface area contributed by atoms with E-state index in [0.29, 0.717) is 6.04 Å². The minimum atomic E-state index is 0.474. The Morgan fingerprint density at radius 2 is 1.29 bits per heavy atom. The summed E-state index contributed by atoms with van der Waals surface area (Å²) in [5.41, 5.74) is 8.80. The van der Waals surface area contributed by atoms with E-state index in [0.717, 1.165) is 19.6 Å². The lowest BCUT2D eigenvalue weighted by molar-refractivity contribution is 0.427. The van der Waals surface area contributed by atoms with E-state index in [2.05, 4.69) is 45.3 Å². The zero-order chi connectivity index (χ0) is 12.6. The molecule has 0 bridgehead atoms. The Labute approximate surface area is 105 Å². The molecule has 2 heteroatoms. The van der Waals surface area contributed by atoms with Gasteiger partial charge in [-0.2, -0.15) is 0 Å². The molecule has 0 aromatic heterocycles. The third kappa shape index (κ3) is 2.12. The van der Waals surface area contributed by atoms with E-state index in [1.165, 1.54) is 33.4 Å². The smallest absolute Gasteiger partial charge is 0.0452 e. The fourth-order valence-corrected chi connectivity index (χ4v) is 2.91. The van der Waals surface area contributed by atoms with Gasteiger partial charge in [0, 0.05) is 25.7 Å². The minimum Gasteiger partial charge on any atom is -0.314 e. The van der Waals surface area contributed by atoms with Crippen molar-refractivity contribution in [1.82, 2.24) is 10.6 Å². The van der Waals surface area contributed by atoms with Gasteiger partial charge < -0.3 is 10.6 Å². The SMILES string of the molecule is Cc1c(C)c(C)c([C@H]2CNCCN2)c(C)c1C. The highest BCUT2D eigenvalue weighted by molar-refractivity contribution is 5.50. The van der Waals surface area contributed by atoms with Gasteiger partial charge in [0.1, 0.15) is 0 Å². The Balaban J connectivity index is 2.52. The molecule has 1 heterocycles. The molecule has 1 saturated heterocycles. The lowest BCUT2D eigenvalue weighted by atomic mass is 9.86. The maximum absolute atomic E-state index is 3.63. The quantitative estimate of drug-likeness (QED) is 0.777. The van der Waals surface area contributed by atoms with Gasteiger partial charge in [0.15, 0.2) is 0 Å². The molecule has 0 unspecified atom stereocenters. The Bertz CT molecular complexity index is 400. The van der Waals surface area contributed by atoms with E-state index in [1.807, 2.05) is 0 Å². The maximum atomic E-state index is 3.63. The average Bonchev–Trinajstić information content (AvgIpc) is 2.36. The molecule has 0 amide bonds. The average molecular weight is 232 g/mol. The summed E-state index contributed by atoms with van der Waals surface area (Å²) < 4.78 is 0. The largest absolute Gasteiger partial charge is 0.314 e. The van der Waals surface area contributed by atoms with Crippen molar-refractivity contribution >= 4 is 0 Å². The third-order valence-corrected chi connectivity index (χ3v) is 4.45. The molecule has 17 heavy (non-hydrogen) atoms. The van der Waals surface area contributed by atoms with Crippen LogP contribution in [0.3, 0.4) is 0 Å². The number of benzene rings is 1. The van der Waals surface area contributed by atoms with Gasteiger partial charge in [-0.05, 0) is 68.0 Å². The van der Waals surface area contributed by atoms with Gasteiger partial charge >= 0.3 is 0 Å². The summed E-state index contributed by atoms with van der Waals surface area (Å²) in [5.74, 6) is 0. The molecule has 0 spiro atoms. The van der Waals surface area contributed by atoms with Gasteiger partial charge in [-0.1, -0.05) is 0 Å². The van der Waals surface area contributed by atoms with Crippen molar-refractivity contribution in [1.29, 1.82) is 0 Å². The molecule has 1 aromatic rings. The standard InChI is InChI=1S/C15H24N2/c1-9-10(2)12(4)15(13(5)11(9)3)14-8-16-6-7-17-14/h14,16-17H,6-8H2,1-5H3/t14-/m1/s1. The van der Waals surface area contributed by atoms with Crippen LogP contribution in [0.5, 0.6) is 0 Å². The molecule has 0 saturated carbocycles. The molecular weight excluding hydrogens is 208 g/mol. The first-order chi connectivity index (χ1) is 8.04. The lowest BCUT2D eigenvalue weighted by Gasteiger charge is -2.30. The summed E-state index contributed by atoms with van der Waals surface area (Å²) in [7, 11) is 0. The van der Waals surface area contributed by atoms with Crippen LogP contribution in [0.4, 0.5) is 0 Å². The van der Waals surface area contributed by atoms with Crippen molar-refractivity contribution in [3.05, 3.63) is 33.4 Å². The van der Waals surface area contributed by atoms with Crippen molar-refractivity contribution in [3.63, 3.8) is 0 Å². The van der Waals surface area contributed by atoms with Crippen molar-refractivity contribution in [3.8, 4) is 0 Å². The van der Waals surface area contributed by atoms with E-state index in [9.17, 15) is 0 Å². The lowest BCUT2D eigenvalue weighted by Crippen LogP contribution is -2.43. The van der Waals surface area contributed by atoms with Crippen molar-refractivity contribution in [2.45, 2.75) is 40.7 Å². The van der Waals surface area contributed by atoms with Crippen LogP contribution in [0.25, 0.3) is 0 Å². The molecule has 94 valence electrons. The molecule has 2 N–H and O–H groups in total. The highest BCUT2D eigenvalue weighted by Gasteiger charge is 2.21. The highest BCUT2D eigenvalue weighted by Crippen LogP contribution is 2.30. The van der Waals surface area contributed by atoms with Crippen LogP contribution in [0.2, 0.25) is 0 Å². The van der Waals surface area contributed by atoms with Crippen LogP contribution in [0.1, 0.15) is 39.4 Å². The van der Waals surface area contributed by atoms with E-state index in [1.54, 1.807) is 0 Å². The van der Waals surface area contributed by atoms with E-state index in [-0.39, 0.29) is 0 Å². The van der Waals surface area contributed by atoms with Crippen LogP contribution < -0.4 is 10.6 Å². The van der Waals surface area contributed by atoms with Crippen LogP contribution in [-0.2, 0) is 0 Å². The van der Waals surface area contributed by atoms with Crippen LogP contribution in [0.15, 0.2) is 0 Å². The Morgan fingerprint density at radius 1 is 0.765 bits per heavy atom. The van der Waals surface area contributed by atoms with Crippen molar-refractivity contribution in [2.24, 2.45) is 0 Å². The zero-order valence-electron chi connectivity index (χ0n) is 11.7. The second-order valence-electron chi connectivity index (χ2n) is 5.25. The van der Waals surface area contributed by atoms with Crippen LogP contribution in [0, 0.1) is 34.6 Å². The second-order valence-corrected chi connectivity index (χ2v) is 5.25. The normalized spacial score (nSPS) is 20.6. The Hall–Kier alpha value is -0.860. The molecule has 2 nitrogen and oxygen atoms in total. The van der Waals surface area contributed by atoms with E-state index < -0.39 is 0 Å². The van der Waals surface area contributed by atoms with Gasteiger partial charge in [-0.15, -0.1) is 0 Å². The molecule has 1 aromatic carbocycles. The molecule has 1 aliphatic rings. The van der Waals surface area contributed by atoms with Crippen molar-refractivity contribution in [2.75, 3.05) is 19.6 Å². The highest BCUT2D eigenvalue weighted by atomic mass is 15.1. The molecule has 2 rings (SSSR count). The van der Waals surface area contributed by atoms with Gasteiger partial charge in [-0.25, -0.2) is 0 Å². The molecule has 1 atom stereocenters. The second kappa shape index (κ2) is 4.79. The number of piperazine rings is 1. The molecule has 0 radical (unpaired) electrons. The molecule has 1 aliphatic heterocycles. The molecular formula is C15H24N2. The minimum absolute atomic E-state index is 0.474. The first-order valence-electron chi connectivity index (χ1n) is 6.55. The summed E-state index contributed by atoms with van der Waals surface area (Å²) in [6.45, 7) is 14.5. The Morgan fingerprint density at radius 3 is 1.76 bits per heavy atom. The fourth-order valence-electron chi connectivity index (χ4n) is 2.91. The maximum Gasteiger partial charge on any atom is 0.0452 e. The summed E-state index contributed by atoms with van der Waals surface area (Å²) in [6.07, 6.45) is 0. The monoisotopic (exact) mass is 232 g/mol. The van der Waals surface area contributed by atoms with E-state index >= 15 is 0 Å². The summed E-state index contributed by atoms with van der Waals surface area (Å²) in [6, 6.07) is 0.474. The predicted octanol–water partition coefficient (Wildman–Crippen LogP) is 2.46. The summed E-state index contributed by atoms with van der Waals surface area (Å²) >= 11 is 0. The van der Waals surface area contributed by atoms with Crippen LogP contribution >= 0.6 is 0 Å². The van der Waals surface area contributed by atoms with Gasteiger partial charge in [-0.3, -0.25) is 0 Å². The van der Waals surface area contributed by atoms with E-state index in [4.69, 9.17) is 0 Å². The summed E-state index contributed by atoms with van der Waals surface area (Å²) in [4.78, 5) is 0.